The molecule has 3 atom stereocenters. The average molecular weight is 253 g/mol. The molecule has 1 heterocycles. The Bertz CT molecular complexity index is 285. The smallest absolute Gasteiger partial charge is 0.122 e. The van der Waals surface area contributed by atoms with Crippen LogP contribution in [0.25, 0.3) is 0 Å². The van der Waals surface area contributed by atoms with Gasteiger partial charge in [0.2, 0.25) is 0 Å². The normalized spacial score (nSPS) is 27.8. The van der Waals surface area contributed by atoms with Gasteiger partial charge in [0.1, 0.15) is 5.60 Å². The van der Waals surface area contributed by atoms with Crippen molar-refractivity contribution >= 4 is 0 Å². The molecule has 104 valence electrons. The second kappa shape index (κ2) is 6.56. The highest BCUT2D eigenvalue weighted by atomic mass is 16.5. The maximum Gasteiger partial charge on any atom is 0.122 e. The Balaban J connectivity index is 2.32. The molecule has 1 aliphatic rings. The highest BCUT2D eigenvalue weighted by Gasteiger charge is 2.24. The zero-order chi connectivity index (χ0) is 13.8. The molecule has 0 aromatic carbocycles. The number of hydrogen-bond acceptors (Lipinski definition) is 3. The molecule has 0 aromatic rings. The summed E-state index contributed by atoms with van der Waals surface area (Å²) in [6, 6.07) is 0. The highest BCUT2D eigenvalue weighted by Crippen LogP contribution is 2.21. The van der Waals surface area contributed by atoms with Crippen molar-refractivity contribution in [2.75, 3.05) is 26.2 Å². The molecule has 1 fully saturated rings. The van der Waals surface area contributed by atoms with Crippen molar-refractivity contribution < 1.29 is 9.84 Å². The zero-order valence-corrected chi connectivity index (χ0v) is 12.1. The van der Waals surface area contributed by atoms with Crippen LogP contribution in [0.1, 0.15) is 34.1 Å². The first kappa shape index (κ1) is 15.5. The standard InChI is InChI=1S/C15H27NO2/c1-6-15(4,5)18-11-14(17)10-16-8-12(2)7-13(3)9-16/h1,12-14,17H,7-11H2,2-5H3/t12-,13-,14-/m0/s1. The van der Waals surface area contributed by atoms with Crippen molar-refractivity contribution in [1.82, 2.24) is 4.90 Å². The number of aliphatic hydroxyl groups excluding tert-OH is 1. The lowest BCUT2D eigenvalue weighted by Gasteiger charge is -2.36. The fourth-order valence-electron chi connectivity index (χ4n) is 2.64. The SMILES string of the molecule is C#CC(C)(C)OC[C@@H](O)CN1C[C@@H](C)C[C@H](C)C1. The van der Waals surface area contributed by atoms with Crippen molar-refractivity contribution in [3.8, 4) is 12.3 Å². The summed E-state index contributed by atoms with van der Waals surface area (Å²) < 4.78 is 5.52. The summed E-state index contributed by atoms with van der Waals surface area (Å²) in [6.45, 7) is 11.3. The van der Waals surface area contributed by atoms with Crippen LogP contribution in [0.2, 0.25) is 0 Å². The Hall–Kier alpha value is -0.560. The molecule has 18 heavy (non-hydrogen) atoms. The van der Waals surface area contributed by atoms with E-state index < -0.39 is 11.7 Å². The van der Waals surface area contributed by atoms with Crippen LogP contribution < -0.4 is 0 Å². The van der Waals surface area contributed by atoms with E-state index in [-0.39, 0.29) is 0 Å². The number of nitrogens with zero attached hydrogens (tertiary/aromatic N) is 1. The third-order valence-electron chi connectivity index (χ3n) is 3.40. The third-order valence-corrected chi connectivity index (χ3v) is 3.40. The minimum Gasteiger partial charge on any atom is -0.389 e. The predicted octanol–water partition coefficient (Wildman–Crippen LogP) is 1.75. The van der Waals surface area contributed by atoms with Crippen LogP contribution in [-0.4, -0.2) is 48.0 Å². The van der Waals surface area contributed by atoms with E-state index in [4.69, 9.17) is 11.2 Å². The molecule has 1 N–H and O–H groups in total. The summed E-state index contributed by atoms with van der Waals surface area (Å²) in [6.07, 6.45) is 6.17. The largest absolute Gasteiger partial charge is 0.389 e. The summed E-state index contributed by atoms with van der Waals surface area (Å²) >= 11 is 0. The molecule has 0 spiro atoms. The number of likely N-dealkylation sites (tertiary alicyclic amines) is 1. The summed E-state index contributed by atoms with van der Waals surface area (Å²) in [5, 5.41) is 10.00. The molecule has 3 heteroatoms. The van der Waals surface area contributed by atoms with Gasteiger partial charge in [-0.15, -0.1) is 6.42 Å². The fourth-order valence-corrected chi connectivity index (χ4v) is 2.64. The number of rotatable bonds is 5. The molecule has 0 unspecified atom stereocenters. The Morgan fingerprint density at radius 1 is 1.39 bits per heavy atom. The first-order valence-electron chi connectivity index (χ1n) is 6.84. The van der Waals surface area contributed by atoms with Crippen LogP contribution in [0.4, 0.5) is 0 Å². The van der Waals surface area contributed by atoms with E-state index in [1.807, 2.05) is 13.8 Å². The van der Waals surface area contributed by atoms with Crippen LogP contribution in [0.15, 0.2) is 0 Å². The van der Waals surface area contributed by atoms with Crippen LogP contribution in [0, 0.1) is 24.2 Å². The Morgan fingerprint density at radius 3 is 2.44 bits per heavy atom. The van der Waals surface area contributed by atoms with Gasteiger partial charge in [-0.2, -0.15) is 0 Å². The summed E-state index contributed by atoms with van der Waals surface area (Å²) in [7, 11) is 0. The molecular formula is C15H27NO2. The molecule has 0 aliphatic carbocycles. The van der Waals surface area contributed by atoms with E-state index in [0.717, 1.165) is 13.1 Å². The van der Waals surface area contributed by atoms with Gasteiger partial charge < -0.3 is 14.7 Å². The number of hydrogen-bond donors (Lipinski definition) is 1. The maximum absolute atomic E-state index is 10.00. The summed E-state index contributed by atoms with van der Waals surface area (Å²) in [5.41, 5.74) is -0.594. The molecule has 1 aliphatic heterocycles. The van der Waals surface area contributed by atoms with Crippen LogP contribution in [0.3, 0.4) is 0 Å². The number of aliphatic hydroxyl groups is 1. The Kier molecular flexibility index (Phi) is 5.65. The number of piperidine rings is 1. The van der Waals surface area contributed by atoms with Gasteiger partial charge in [0.25, 0.3) is 0 Å². The fraction of sp³-hybridized carbons (Fsp3) is 0.867. The van der Waals surface area contributed by atoms with E-state index in [2.05, 4.69) is 24.7 Å². The first-order valence-corrected chi connectivity index (χ1v) is 6.84. The topological polar surface area (TPSA) is 32.7 Å². The van der Waals surface area contributed by atoms with Gasteiger partial charge in [0.05, 0.1) is 12.7 Å². The monoisotopic (exact) mass is 253 g/mol. The molecular weight excluding hydrogens is 226 g/mol. The van der Waals surface area contributed by atoms with Crippen molar-refractivity contribution in [1.29, 1.82) is 0 Å². The van der Waals surface area contributed by atoms with Gasteiger partial charge in [-0.3, -0.25) is 0 Å². The Morgan fingerprint density at radius 2 is 1.94 bits per heavy atom. The van der Waals surface area contributed by atoms with E-state index in [0.29, 0.717) is 25.0 Å². The van der Waals surface area contributed by atoms with Gasteiger partial charge in [-0.1, -0.05) is 19.8 Å². The lowest BCUT2D eigenvalue weighted by atomic mass is 9.92. The van der Waals surface area contributed by atoms with Gasteiger partial charge in [-0.25, -0.2) is 0 Å². The van der Waals surface area contributed by atoms with E-state index >= 15 is 0 Å². The summed E-state index contributed by atoms with van der Waals surface area (Å²) in [5.74, 6) is 3.99. The number of ether oxygens (including phenoxy) is 1. The minimum absolute atomic E-state index is 0.302. The maximum atomic E-state index is 10.00. The van der Waals surface area contributed by atoms with E-state index in [1.54, 1.807) is 0 Å². The highest BCUT2D eigenvalue weighted by molar-refractivity contribution is 5.02. The van der Waals surface area contributed by atoms with Crippen molar-refractivity contribution in [2.24, 2.45) is 11.8 Å². The lowest BCUT2D eigenvalue weighted by molar-refractivity contribution is -0.0421. The lowest BCUT2D eigenvalue weighted by Crippen LogP contribution is -2.44. The molecule has 0 amide bonds. The molecule has 0 bridgehead atoms. The van der Waals surface area contributed by atoms with Gasteiger partial charge in [-0.05, 0) is 32.1 Å². The molecule has 0 aromatic heterocycles. The summed E-state index contributed by atoms with van der Waals surface area (Å²) in [4.78, 5) is 2.33. The van der Waals surface area contributed by atoms with Crippen molar-refractivity contribution in [3.63, 3.8) is 0 Å². The number of β-amino-alcohol motifs (C(OH)–C–C–N with tert-alkyl or cyclic N) is 1. The van der Waals surface area contributed by atoms with Gasteiger partial charge in [0.15, 0.2) is 0 Å². The zero-order valence-electron chi connectivity index (χ0n) is 12.1. The quantitative estimate of drug-likeness (QED) is 0.758. The van der Waals surface area contributed by atoms with Crippen molar-refractivity contribution in [3.05, 3.63) is 0 Å². The second-order valence-electron chi connectivity index (χ2n) is 6.28. The van der Waals surface area contributed by atoms with Crippen LogP contribution >= 0.6 is 0 Å². The molecule has 1 rings (SSSR count). The number of terminal acetylenes is 1. The average Bonchev–Trinajstić information content (AvgIpc) is 2.25. The van der Waals surface area contributed by atoms with Crippen molar-refractivity contribution in [2.45, 2.75) is 45.8 Å². The molecule has 0 radical (unpaired) electrons. The van der Waals surface area contributed by atoms with E-state index in [1.165, 1.54) is 6.42 Å². The molecule has 0 saturated carbocycles. The van der Waals surface area contributed by atoms with Gasteiger partial charge >= 0.3 is 0 Å². The van der Waals surface area contributed by atoms with Crippen LogP contribution in [0.5, 0.6) is 0 Å². The second-order valence-corrected chi connectivity index (χ2v) is 6.28. The predicted molar refractivity (Wildman–Crippen MR) is 74.3 cm³/mol. The Labute approximate surface area is 112 Å². The minimum atomic E-state index is -0.594. The van der Waals surface area contributed by atoms with Crippen LogP contribution in [-0.2, 0) is 4.74 Å². The molecule has 3 nitrogen and oxygen atoms in total. The molecule has 1 saturated heterocycles. The van der Waals surface area contributed by atoms with E-state index in [9.17, 15) is 5.11 Å². The third kappa shape index (κ3) is 5.39. The van der Waals surface area contributed by atoms with Gasteiger partial charge in [0, 0.05) is 19.6 Å². The first-order chi connectivity index (χ1) is 8.32.